The zero-order valence-electron chi connectivity index (χ0n) is 10.00. The van der Waals surface area contributed by atoms with Crippen molar-refractivity contribution in [1.82, 2.24) is 4.98 Å². The number of anilines is 1. The number of hydrogen-bond donors (Lipinski definition) is 3. The average molecular weight is 267 g/mol. The summed E-state index contributed by atoms with van der Waals surface area (Å²) in [6, 6.07) is 2.20. The van der Waals surface area contributed by atoms with E-state index in [1.54, 1.807) is 0 Å². The predicted molar refractivity (Wildman–Crippen MR) is 65.1 cm³/mol. The van der Waals surface area contributed by atoms with E-state index in [0.29, 0.717) is 6.54 Å². The maximum atomic E-state index is 10.8. The van der Waals surface area contributed by atoms with E-state index >= 15 is 0 Å². The summed E-state index contributed by atoms with van der Waals surface area (Å²) in [4.78, 5) is 24.7. The molecule has 0 bridgehead atoms. The molecule has 8 heteroatoms. The van der Waals surface area contributed by atoms with E-state index in [-0.39, 0.29) is 29.2 Å². The number of aromatic carboxylic acids is 1. The fourth-order valence-electron chi connectivity index (χ4n) is 1.69. The highest BCUT2D eigenvalue weighted by atomic mass is 16.6. The molecule has 0 radical (unpaired) electrons. The molecule has 1 aromatic rings. The molecule has 0 aromatic carbocycles. The molecule has 1 aliphatic rings. The first-order valence-electron chi connectivity index (χ1n) is 5.71. The first-order valence-corrected chi connectivity index (χ1v) is 5.71. The van der Waals surface area contributed by atoms with Gasteiger partial charge in [-0.1, -0.05) is 0 Å². The molecular weight excluding hydrogens is 254 g/mol. The Balaban J connectivity index is 2.22. The van der Waals surface area contributed by atoms with Crippen molar-refractivity contribution in [3.05, 3.63) is 27.9 Å². The number of aliphatic hydroxyl groups excluding tert-OH is 1. The topological polar surface area (TPSA) is 126 Å². The van der Waals surface area contributed by atoms with Gasteiger partial charge in [-0.3, -0.25) is 10.1 Å². The highest BCUT2D eigenvalue weighted by molar-refractivity contribution is 5.86. The first kappa shape index (κ1) is 13.2. The molecule has 19 heavy (non-hydrogen) atoms. The minimum atomic E-state index is -1.25. The highest BCUT2D eigenvalue weighted by Gasteiger charge is 2.42. The summed E-state index contributed by atoms with van der Waals surface area (Å²) in [5.41, 5.74) is -0.796. The van der Waals surface area contributed by atoms with Crippen LogP contribution in [-0.2, 0) is 0 Å². The molecule has 1 saturated carbocycles. The van der Waals surface area contributed by atoms with Gasteiger partial charge in [0.15, 0.2) is 5.69 Å². The van der Waals surface area contributed by atoms with E-state index in [0.717, 1.165) is 25.0 Å². The molecule has 3 N–H and O–H groups in total. The molecule has 1 heterocycles. The van der Waals surface area contributed by atoms with Crippen LogP contribution in [0.25, 0.3) is 0 Å². The molecule has 0 atom stereocenters. The molecule has 0 spiro atoms. The smallest absolute Gasteiger partial charge is 0.354 e. The number of rotatable bonds is 6. The summed E-state index contributed by atoms with van der Waals surface area (Å²) >= 11 is 0. The van der Waals surface area contributed by atoms with E-state index in [4.69, 9.17) is 10.2 Å². The molecule has 1 aliphatic carbocycles. The van der Waals surface area contributed by atoms with Crippen LogP contribution >= 0.6 is 0 Å². The van der Waals surface area contributed by atoms with Gasteiger partial charge in [0.1, 0.15) is 0 Å². The van der Waals surface area contributed by atoms with Crippen molar-refractivity contribution in [1.29, 1.82) is 0 Å². The monoisotopic (exact) mass is 267 g/mol. The Morgan fingerprint density at radius 2 is 2.21 bits per heavy atom. The lowest BCUT2D eigenvalue weighted by molar-refractivity contribution is -0.384. The van der Waals surface area contributed by atoms with Gasteiger partial charge in [-0.15, -0.1) is 0 Å². The van der Waals surface area contributed by atoms with Crippen molar-refractivity contribution in [3.8, 4) is 0 Å². The number of nitrogens with zero attached hydrogens (tertiary/aromatic N) is 2. The van der Waals surface area contributed by atoms with Crippen molar-refractivity contribution in [2.45, 2.75) is 12.8 Å². The van der Waals surface area contributed by atoms with E-state index in [1.165, 1.54) is 0 Å². The Labute approximate surface area is 108 Å². The number of aromatic nitrogens is 1. The van der Waals surface area contributed by atoms with Crippen LogP contribution in [0.15, 0.2) is 12.1 Å². The maximum Gasteiger partial charge on any atom is 0.354 e. The van der Waals surface area contributed by atoms with Crippen LogP contribution in [0.5, 0.6) is 0 Å². The summed E-state index contributed by atoms with van der Waals surface area (Å²) in [5.74, 6) is -1.33. The van der Waals surface area contributed by atoms with Crippen molar-refractivity contribution in [2.24, 2.45) is 5.41 Å². The fraction of sp³-hybridized carbons (Fsp3) is 0.455. The molecule has 1 fully saturated rings. The minimum Gasteiger partial charge on any atom is -0.477 e. The quantitative estimate of drug-likeness (QED) is 0.515. The van der Waals surface area contributed by atoms with Gasteiger partial charge in [0.25, 0.3) is 0 Å². The second-order valence-corrected chi connectivity index (χ2v) is 4.64. The van der Waals surface area contributed by atoms with Gasteiger partial charge in [-0.2, -0.15) is 0 Å². The summed E-state index contributed by atoms with van der Waals surface area (Å²) in [6.07, 6.45) is 1.67. The third-order valence-electron chi connectivity index (χ3n) is 3.21. The van der Waals surface area contributed by atoms with E-state index < -0.39 is 10.9 Å². The molecule has 0 amide bonds. The van der Waals surface area contributed by atoms with Gasteiger partial charge in [-0.05, 0) is 18.9 Å². The molecule has 1 aromatic heterocycles. The van der Waals surface area contributed by atoms with E-state index in [1.807, 2.05) is 0 Å². The fourth-order valence-corrected chi connectivity index (χ4v) is 1.69. The van der Waals surface area contributed by atoms with Gasteiger partial charge in [0.05, 0.1) is 11.5 Å². The predicted octanol–water partition coefficient (Wildman–Crippen LogP) is 0.872. The summed E-state index contributed by atoms with van der Waals surface area (Å²) in [6.45, 7) is 0.326. The van der Waals surface area contributed by atoms with Crippen LogP contribution in [0.2, 0.25) is 0 Å². The van der Waals surface area contributed by atoms with Crippen molar-refractivity contribution < 1.29 is 19.9 Å². The molecule has 0 aliphatic heterocycles. The Morgan fingerprint density at radius 3 is 2.68 bits per heavy atom. The minimum absolute atomic E-state index is 0.00752. The Bertz CT molecular complexity index is 527. The number of nitrogens with one attached hydrogen (secondary N) is 1. The molecule has 0 unspecified atom stereocenters. The second-order valence-electron chi connectivity index (χ2n) is 4.64. The normalized spacial score (nSPS) is 15.8. The molecule has 102 valence electrons. The maximum absolute atomic E-state index is 10.8. The standard InChI is InChI=1S/C11H13N3O5/c15-6-11(3-4-11)5-12-9-8(14(18)19)2-1-7(13-9)10(16)17/h1-2,15H,3-6H2,(H,12,13)(H,16,17). The lowest BCUT2D eigenvalue weighted by atomic mass is 10.1. The molecule has 2 rings (SSSR count). The van der Waals surface area contributed by atoms with Crippen molar-refractivity contribution >= 4 is 17.5 Å². The third kappa shape index (κ3) is 2.79. The third-order valence-corrected chi connectivity index (χ3v) is 3.21. The number of carbonyl (C=O) groups is 1. The lowest BCUT2D eigenvalue weighted by Gasteiger charge is -2.13. The second kappa shape index (κ2) is 4.81. The van der Waals surface area contributed by atoms with E-state index in [2.05, 4.69) is 10.3 Å². The highest BCUT2D eigenvalue weighted by Crippen LogP contribution is 2.45. The van der Waals surface area contributed by atoms with Gasteiger partial charge >= 0.3 is 11.7 Å². The average Bonchev–Trinajstić information content (AvgIpc) is 3.16. The largest absolute Gasteiger partial charge is 0.477 e. The zero-order valence-corrected chi connectivity index (χ0v) is 10.00. The van der Waals surface area contributed by atoms with Crippen LogP contribution in [0.3, 0.4) is 0 Å². The number of pyridine rings is 1. The van der Waals surface area contributed by atoms with Crippen LogP contribution in [0.4, 0.5) is 11.5 Å². The van der Waals surface area contributed by atoms with Gasteiger partial charge in [-0.25, -0.2) is 9.78 Å². The Morgan fingerprint density at radius 1 is 1.53 bits per heavy atom. The van der Waals surface area contributed by atoms with Crippen LogP contribution in [-0.4, -0.2) is 39.2 Å². The number of aliphatic hydroxyl groups is 1. The van der Waals surface area contributed by atoms with Gasteiger partial charge in [0.2, 0.25) is 5.82 Å². The summed E-state index contributed by atoms with van der Waals surface area (Å²) in [7, 11) is 0. The van der Waals surface area contributed by atoms with E-state index in [9.17, 15) is 14.9 Å². The van der Waals surface area contributed by atoms with Crippen LogP contribution < -0.4 is 5.32 Å². The Kier molecular flexibility index (Phi) is 3.34. The van der Waals surface area contributed by atoms with Crippen molar-refractivity contribution in [3.63, 3.8) is 0 Å². The van der Waals surface area contributed by atoms with Gasteiger partial charge in [0, 0.05) is 18.0 Å². The number of nitro groups is 1. The van der Waals surface area contributed by atoms with Crippen LogP contribution in [0.1, 0.15) is 23.3 Å². The summed E-state index contributed by atoms with van der Waals surface area (Å²) < 4.78 is 0. The molecule has 8 nitrogen and oxygen atoms in total. The zero-order chi connectivity index (χ0) is 14.0. The van der Waals surface area contributed by atoms with Crippen molar-refractivity contribution in [2.75, 3.05) is 18.5 Å². The Hall–Kier alpha value is -2.22. The first-order chi connectivity index (χ1) is 8.97. The number of carboxylic acids is 1. The number of hydrogen-bond acceptors (Lipinski definition) is 6. The number of carboxylic acid groups (broad SMARTS) is 1. The van der Waals surface area contributed by atoms with Gasteiger partial charge < -0.3 is 15.5 Å². The summed E-state index contributed by atoms with van der Waals surface area (Å²) in [5, 5.41) is 31.6. The molecular formula is C11H13N3O5. The SMILES string of the molecule is O=C(O)c1ccc([N+](=O)[O-])c(NCC2(CO)CC2)n1. The van der Waals surface area contributed by atoms with Crippen LogP contribution in [0, 0.1) is 15.5 Å². The lowest BCUT2D eigenvalue weighted by Crippen LogP contribution is -2.20. The molecule has 0 saturated heterocycles.